The predicted octanol–water partition coefficient (Wildman–Crippen LogP) is 9.30. The third kappa shape index (κ3) is 4.12. The largest absolute Gasteiger partial charge is 0.363 e. The summed E-state index contributed by atoms with van der Waals surface area (Å²) in [7, 11) is 0. The van der Waals surface area contributed by atoms with E-state index in [0.717, 1.165) is 47.6 Å². The van der Waals surface area contributed by atoms with Crippen LogP contribution in [0.2, 0.25) is 0 Å². The van der Waals surface area contributed by atoms with E-state index in [4.69, 9.17) is 4.98 Å². The van der Waals surface area contributed by atoms with Crippen LogP contribution in [0.15, 0.2) is 18.3 Å². The molecule has 1 aromatic heterocycles. The van der Waals surface area contributed by atoms with Gasteiger partial charge in [0.05, 0.1) is 0 Å². The summed E-state index contributed by atoms with van der Waals surface area (Å²) in [5.41, 5.74) is 2.41. The molecule has 8 bridgehead atoms. The Bertz CT molecular complexity index is 929. The maximum atomic E-state index is 5.35. The summed E-state index contributed by atoms with van der Waals surface area (Å²) in [5, 5.41) is 0. The molecule has 11 rings (SSSR count). The fraction of sp³-hybridized carbons (Fsp3) is 0.865. The summed E-state index contributed by atoms with van der Waals surface area (Å²) >= 11 is 0. The molecule has 218 valence electrons. The highest BCUT2D eigenvalue weighted by Crippen LogP contribution is 2.61. The summed E-state index contributed by atoms with van der Waals surface area (Å²) in [6.07, 6.45) is 34.6. The van der Waals surface area contributed by atoms with Crippen molar-refractivity contribution in [2.75, 3.05) is 9.80 Å². The van der Waals surface area contributed by atoms with Gasteiger partial charge in [0.25, 0.3) is 0 Å². The molecule has 10 aliphatic carbocycles. The quantitative estimate of drug-likeness (QED) is 0.358. The lowest BCUT2D eigenvalue weighted by Crippen LogP contribution is -2.64. The van der Waals surface area contributed by atoms with E-state index in [1.165, 1.54) is 128 Å². The summed E-state index contributed by atoms with van der Waals surface area (Å²) in [4.78, 5) is 11.5. The summed E-state index contributed by atoms with van der Waals surface area (Å²) in [6.45, 7) is 0. The lowest BCUT2D eigenvalue weighted by Gasteiger charge is -2.63. The predicted molar refractivity (Wildman–Crippen MR) is 165 cm³/mol. The molecule has 0 radical (unpaired) electrons. The molecule has 0 atom stereocenters. The molecule has 40 heavy (non-hydrogen) atoms. The van der Waals surface area contributed by atoms with E-state index in [1.807, 2.05) is 0 Å². The first-order valence-corrected chi connectivity index (χ1v) is 18.2. The van der Waals surface area contributed by atoms with Gasteiger partial charge in [0.1, 0.15) is 5.82 Å². The molecule has 0 amide bonds. The van der Waals surface area contributed by atoms with Crippen molar-refractivity contribution in [2.45, 2.75) is 164 Å². The molecule has 1 aromatic rings. The Morgan fingerprint density at radius 2 is 0.925 bits per heavy atom. The maximum Gasteiger partial charge on any atom is 0.131 e. The molecule has 0 spiro atoms. The number of hydrogen-bond donors (Lipinski definition) is 0. The minimum absolute atomic E-state index is 0.402. The van der Waals surface area contributed by atoms with E-state index in [9.17, 15) is 0 Å². The van der Waals surface area contributed by atoms with Crippen molar-refractivity contribution < 1.29 is 0 Å². The second kappa shape index (κ2) is 9.63. The van der Waals surface area contributed by atoms with Gasteiger partial charge in [-0.3, -0.25) is 0 Å². The molecule has 1 heterocycles. The second-order valence-corrected chi connectivity index (χ2v) is 17.0. The number of pyridine rings is 1. The average molecular weight is 542 g/mol. The van der Waals surface area contributed by atoms with Crippen LogP contribution in [0.4, 0.5) is 11.5 Å². The van der Waals surface area contributed by atoms with Crippen LogP contribution >= 0.6 is 0 Å². The van der Waals surface area contributed by atoms with Crippen LogP contribution in [0.25, 0.3) is 0 Å². The Labute approximate surface area is 244 Å². The van der Waals surface area contributed by atoms with Gasteiger partial charge in [0.2, 0.25) is 0 Å². The molecule has 3 nitrogen and oxygen atoms in total. The van der Waals surface area contributed by atoms with Crippen molar-refractivity contribution in [3.8, 4) is 0 Å². The molecule has 0 unspecified atom stereocenters. The number of nitrogens with zero attached hydrogens (tertiary/aromatic N) is 3. The van der Waals surface area contributed by atoms with Crippen LogP contribution in [-0.2, 0) is 0 Å². The van der Waals surface area contributed by atoms with Gasteiger partial charge in [-0.2, -0.15) is 0 Å². The third-order valence-electron chi connectivity index (χ3n) is 14.2. The van der Waals surface area contributed by atoms with Gasteiger partial charge in [-0.05, 0) is 144 Å². The topological polar surface area (TPSA) is 19.4 Å². The first kappa shape index (κ1) is 25.3. The van der Waals surface area contributed by atoms with Crippen molar-refractivity contribution in [2.24, 2.45) is 35.5 Å². The molecular weight excluding hydrogens is 486 g/mol. The van der Waals surface area contributed by atoms with E-state index in [1.54, 1.807) is 24.9 Å². The highest BCUT2D eigenvalue weighted by atomic mass is 15.3. The average Bonchev–Trinajstić information content (AvgIpc) is 2.93. The Hall–Kier alpha value is -1.25. The van der Waals surface area contributed by atoms with Crippen LogP contribution in [0.1, 0.15) is 141 Å². The van der Waals surface area contributed by atoms with E-state index in [2.05, 4.69) is 28.1 Å². The highest BCUT2D eigenvalue weighted by molar-refractivity contribution is 5.60. The van der Waals surface area contributed by atoms with E-state index in [-0.39, 0.29) is 0 Å². The molecular formula is C37H55N3. The van der Waals surface area contributed by atoms with Gasteiger partial charge in [-0.1, -0.05) is 38.5 Å². The van der Waals surface area contributed by atoms with Crippen LogP contribution < -0.4 is 9.80 Å². The first-order valence-electron chi connectivity index (χ1n) is 18.2. The first-order chi connectivity index (χ1) is 19.6. The van der Waals surface area contributed by atoms with E-state index >= 15 is 0 Å². The highest BCUT2D eigenvalue weighted by Gasteiger charge is 2.57. The number of aromatic nitrogens is 1. The third-order valence-corrected chi connectivity index (χ3v) is 14.2. The van der Waals surface area contributed by atoms with E-state index in [0.29, 0.717) is 11.1 Å². The maximum absolute atomic E-state index is 5.35. The zero-order valence-corrected chi connectivity index (χ0v) is 25.2. The summed E-state index contributed by atoms with van der Waals surface area (Å²) in [6, 6.07) is 6.62. The van der Waals surface area contributed by atoms with Gasteiger partial charge in [0.15, 0.2) is 0 Å². The van der Waals surface area contributed by atoms with Gasteiger partial charge in [0, 0.05) is 41.1 Å². The molecule has 10 fully saturated rings. The SMILES string of the molecule is c1cc(N(C2CCCCC2)C23CC4CC(CC(C4)C2)C3)cc(N(C2CCCCC2)C23CC4CC(CC(C4)C2)C3)n1. The lowest BCUT2D eigenvalue weighted by molar-refractivity contribution is -0.0102. The van der Waals surface area contributed by atoms with E-state index < -0.39 is 0 Å². The van der Waals surface area contributed by atoms with Crippen molar-refractivity contribution in [3.05, 3.63) is 18.3 Å². The van der Waals surface area contributed by atoms with Crippen LogP contribution in [0.3, 0.4) is 0 Å². The zero-order valence-electron chi connectivity index (χ0n) is 25.2. The molecule has 3 heteroatoms. The van der Waals surface area contributed by atoms with Crippen LogP contribution in [-0.4, -0.2) is 28.1 Å². The smallest absolute Gasteiger partial charge is 0.131 e. The summed E-state index contributed by atoms with van der Waals surface area (Å²) < 4.78 is 0. The Morgan fingerprint density at radius 3 is 1.38 bits per heavy atom. The van der Waals surface area contributed by atoms with Crippen molar-refractivity contribution >= 4 is 11.5 Å². The number of rotatable bonds is 6. The Balaban J connectivity index is 1.12. The second-order valence-electron chi connectivity index (χ2n) is 17.0. The zero-order chi connectivity index (χ0) is 26.3. The normalized spacial score (nSPS) is 44.3. The van der Waals surface area contributed by atoms with Gasteiger partial charge in [-0.15, -0.1) is 0 Å². The molecule has 0 saturated heterocycles. The molecule has 0 aromatic carbocycles. The molecule has 10 saturated carbocycles. The van der Waals surface area contributed by atoms with Crippen molar-refractivity contribution in [1.29, 1.82) is 0 Å². The minimum Gasteiger partial charge on any atom is -0.363 e. The number of hydrogen-bond acceptors (Lipinski definition) is 3. The Morgan fingerprint density at radius 1 is 0.525 bits per heavy atom. The lowest BCUT2D eigenvalue weighted by atomic mass is 9.52. The van der Waals surface area contributed by atoms with Gasteiger partial charge < -0.3 is 9.80 Å². The summed E-state index contributed by atoms with van der Waals surface area (Å²) in [5.74, 6) is 7.37. The minimum atomic E-state index is 0.402. The molecule has 10 aliphatic rings. The Kier molecular flexibility index (Phi) is 6.08. The van der Waals surface area contributed by atoms with Crippen LogP contribution in [0, 0.1) is 35.5 Å². The number of anilines is 2. The fourth-order valence-electron chi connectivity index (χ4n) is 13.8. The fourth-order valence-corrected chi connectivity index (χ4v) is 13.8. The molecule has 0 aliphatic heterocycles. The van der Waals surface area contributed by atoms with Gasteiger partial charge >= 0.3 is 0 Å². The van der Waals surface area contributed by atoms with Crippen molar-refractivity contribution in [3.63, 3.8) is 0 Å². The molecule has 0 N–H and O–H groups in total. The van der Waals surface area contributed by atoms with Crippen molar-refractivity contribution in [1.82, 2.24) is 4.98 Å². The standard InChI is InChI=1S/C37H55N3/c1-3-7-32(8-4-1)39(36-20-26-13-27(21-36)15-28(14-26)22-36)34-11-12-38-35(19-34)40(33-9-5-2-6-10-33)37-23-29-16-30(24-37)18-31(17-29)25-37/h11-12,19,26-33H,1-10,13-18,20-25H2. The van der Waals surface area contributed by atoms with Gasteiger partial charge in [-0.25, -0.2) is 4.98 Å². The van der Waals surface area contributed by atoms with Crippen LogP contribution in [0.5, 0.6) is 0 Å². The monoisotopic (exact) mass is 541 g/mol.